The topological polar surface area (TPSA) is 76.4 Å². The van der Waals surface area contributed by atoms with Crippen LogP contribution in [0.1, 0.15) is 23.2 Å². The van der Waals surface area contributed by atoms with Gasteiger partial charge in [-0.3, -0.25) is 0 Å². The second kappa shape index (κ2) is 7.46. The van der Waals surface area contributed by atoms with Crippen LogP contribution in [0.25, 0.3) is 5.65 Å². The smallest absolute Gasteiger partial charge is 0.215 e. The van der Waals surface area contributed by atoms with Gasteiger partial charge in [0.25, 0.3) is 0 Å². The average Bonchev–Trinajstić information content (AvgIpc) is 2.94. The molecule has 0 saturated heterocycles. The van der Waals surface area contributed by atoms with Crippen LogP contribution in [0.3, 0.4) is 0 Å². The van der Waals surface area contributed by atoms with Gasteiger partial charge in [-0.1, -0.05) is 0 Å². The number of halogens is 2. The number of aryl methyl sites for hydroxylation is 2. The highest BCUT2D eigenvalue weighted by molar-refractivity contribution is 7.88. The summed E-state index contributed by atoms with van der Waals surface area (Å²) in [6.07, 6.45) is 4.73. The fraction of sp³-hybridized carbons (Fsp3) is 0.294. The van der Waals surface area contributed by atoms with E-state index in [4.69, 9.17) is 0 Å². The van der Waals surface area contributed by atoms with Crippen molar-refractivity contribution >= 4 is 15.7 Å². The molecule has 0 aliphatic rings. The molecule has 0 radical (unpaired) electrons. The minimum atomic E-state index is -3.75. The lowest BCUT2D eigenvalue weighted by Crippen LogP contribution is -2.26. The van der Waals surface area contributed by atoms with Crippen LogP contribution >= 0.6 is 0 Å². The molecule has 0 aliphatic carbocycles. The molecule has 1 aromatic carbocycles. The number of rotatable bonds is 7. The first-order valence-electron chi connectivity index (χ1n) is 8.04. The molecule has 0 fully saturated rings. The second-order valence-electron chi connectivity index (χ2n) is 6.04. The van der Waals surface area contributed by atoms with E-state index in [1.807, 2.05) is 19.2 Å². The number of aromatic nitrogens is 3. The maximum Gasteiger partial charge on any atom is 0.215 e. The zero-order valence-corrected chi connectivity index (χ0v) is 14.9. The molecule has 1 N–H and O–H groups in total. The Kier molecular flexibility index (Phi) is 5.28. The van der Waals surface area contributed by atoms with Crippen LogP contribution in [0.5, 0.6) is 0 Å². The van der Waals surface area contributed by atoms with Crippen molar-refractivity contribution in [3.63, 3.8) is 0 Å². The number of nitrogens with one attached hydrogen (secondary N) is 1. The van der Waals surface area contributed by atoms with Crippen LogP contribution in [0.2, 0.25) is 0 Å². The number of hydrogen-bond acceptors (Lipinski definition) is 4. The van der Waals surface area contributed by atoms with Gasteiger partial charge in [0.2, 0.25) is 10.0 Å². The Morgan fingerprint density at radius 2 is 2.04 bits per heavy atom. The van der Waals surface area contributed by atoms with Crippen molar-refractivity contribution in [2.75, 3.05) is 6.54 Å². The zero-order valence-electron chi connectivity index (χ0n) is 14.1. The first kappa shape index (κ1) is 18.4. The van der Waals surface area contributed by atoms with Crippen LogP contribution in [0, 0.1) is 18.6 Å². The first-order valence-corrected chi connectivity index (χ1v) is 9.70. The minimum Gasteiger partial charge on any atom is -0.237 e. The van der Waals surface area contributed by atoms with E-state index in [-0.39, 0.29) is 12.1 Å². The molecular formula is C17H18F2N4O2S. The maximum atomic E-state index is 13.6. The highest BCUT2D eigenvalue weighted by Crippen LogP contribution is 2.13. The van der Waals surface area contributed by atoms with Gasteiger partial charge < -0.3 is 0 Å². The van der Waals surface area contributed by atoms with Crippen molar-refractivity contribution in [2.24, 2.45) is 0 Å². The molecule has 0 atom stereocenters. The quantitative estimate of drug-likeness (QED) is 0.639. The van der Waals surface area contributed by atoms with E-state index >= 15 is 0 Å². The molecule has 3 rings (SSSR count). The average molecular weight is 380 g/mol. The lowest BCUT2D eigenvalue weighted by molar-refractivity contribution is 0.568. The molecule has 6 nitrogen and oxygen atoms in total. The monoisotopic (exact) mass is 380 g/mol. The Morgan fingerprint density at radius 1 is 1.23 bits per heavy atom. The predicted molar refractivity (Wildman–Crippen MR) is 93.0 cm³/mol. The van der Waals surface area contributed by atoms with Crippen LogP contribution in [0.4, 0.5) is 8.78 Å². The van der Waals surface area contributed by atoms with Gasteiger partial charge in [-0.05, 0) is 43.5 Å². The Balaban J connectivity index is 1.53. The third kappa shape index (κ3) is 4.61. The van der Waals surface area contributed by atoms with Crippen molar-refractivity contribution in [1.82, 2.24) is 19.3 Å². The SMILES string of the molecule is Cc1cc2ncc(CCCNS(=O)(=O)Cc3cc(F)ccc3F)cn2n1. The fourth-order valence-electron chi connectivity index (χ4n) is 2.59. The molecule has 0 aliphatic heterocycles. The van der Waals surface area contributed by atoms with E-state index < -0.39 is 27.4 Å². The molecule has 0 amide bonds. The molecule has 0 spiro atoms. The predicted octanol–water partition coefficient (Wildman–Crippen LogP) is 2.37. The lowest BCUT2D eigenvalue weighted by Gasteiger charge is -2.08. The summed E-state index contributed by atoms with van der Waals surface area (Å²) in [7, 11) is -3.75. The zero-order chi connectivity index (χ0) is 18.7. The summed E-state index contributed by atoms with van der Waals surface area (Å²) in [5.41, 5.74) is 2.35. The molecule has 9 heteroatoms. The third-order valence-electron chi connectivity index (χ3n) is 3.81. The van der Waals surface area contributed by atoms with E-state index in [1.54, 1.807) is 10.7 Å². The molecule has 2 heterocycles. The summed E-state index contributed by atoms with van der Waals surface area (Å²) in [5.74, 6) is -2.02. The summed E-state index contributed by atoms with van der Waals surface area (Å²) in [6, 6.07) is 4.62. The Bertz CT molecular complexity index is 1030. The Hall–Kier alpha value is -2.39. The summed E-state index contributed by atoms with van der Waals surface area (Å²) >= 11 is 0. The van der Waals surface area contributed by atoms with Gasteiger partial charge >= 0.3 is 0 Å². The van der Waals surface area contributed by atoms with Crippen molar-refractivity contribution in [2.45, 2.75) is 25.5 Å². The van der Waals surface area contributed by atoms with Crippen LogP contribution < -0.4 is 4.72 Å². The summed E-state index contributed by atoms with van der Waals surface area (Å²) in [5, 5.41) is 4.28. The van der Waals surface area contributed by atoms with Gasteiger partial charge in [0.05, 0.1) is 11.4 Å². The number of sulfonamides is 1. The van der Waals surface area contributed by atoms with E-state index in [0.29, 0.717) is 12.8 Å². The summed E-state index contributed by atoms with van der Waals surface area (Å²) in [6.45, 7) is 2.07. The van der Waals surface area contributed by atoms with Gasteiger partial charge in [0, 0.05) is 30.6 Å². The second-order valence-corrected chi connectivity index (χ2v) is 7.85. The van der Waals surface area contributed by atoms with Crippen molar-refractivity contribution in [3.8, 4) is 0 Å². The third-order valence-corrected chi connectivity index (χ3v) is 5.14. The lowest BCUT2D eigenvalue weighted by atomic mass is 10.2. The molecule has 0 bridgehead atoms. The van der Waals surface area contributed by atoms with Crippen molar-refractivity contribution in [3.05, 3.63) is 65.1 Å². The summed E-state index contributed by atoms with van der Waals surface area (Å²) < 4.78 is 54.8. The molecular weight excluding hydrogens is 362 g/mol. The van der Waals surface area contributed by atoms with E-state index in [2.05, 4.69) is 14.8 Å². The number of fused-ring (bicyclic) bond motifs is 1. The van der Waals surface area contributed by atoms with E-state index in [0.717, 1.165) is 35.1 Å². The van der Waals surface area contributed by atoms with E-state index in [9.17, 15) is 17.2 Å². The molecule has 138 valence electrons. The number of nitrogens with zero attached hydrogens (tertiary/aromatic N) is 3. The Labute approximate surface area is 149 Å². The fourth-order valence-corrected chi connectivity index (χ4v) is 3.78. The van der Waals surface area contributed by atoms with Gasteiger partial charge in [-0.15, -0.1) is 0 Å². The normalized spacial score (nSPS) is 12.0. The molecule has 0 saturated carbocycles. The van der Waals surface area contributed by atoms with Gasteiger partial charge in [0.1, 0.15) is 11.6 Å². The maximum absolute atomic E-state index is 13.6. The standard InChI is InChI=1S/C17H18F2N4O2S/c1-12-7-17-20-9-13(10-23(17)22-12)3-2-6-21-26(24,25)11-14-8-15(18)4-5-16(14)19/h4-5,7-10,21H,2-3,6,11H2,1H3. The van der Waals surface area contributed by atoms with Crippen molar-refractivity contribution in [1.29, 1.82) is 0 Å². The van der Waals surface area contributed by atoms with E-state index in [1.165, 1.54) is 0 Å². The Morgan fingerprint density at radius 3 is 2.85 bits per heavy atom. The first-order chi connectivity index (χ1) is 12.3. The van der Waals surface area contributed by atoms with Crippen LogP contribution in [0.15, 0.2) is 36.7 Å². The molecule has 0 unspecified atom stereocenters. The van der Waals surface area contributed by atoms with Crippen LogP contribution in [-0.4, -0.2) is 29.6 Å². The largest absolute Gasteiger partial charge is 0.237 e. The van der Waals surface area contributed by atoms with Crippen molar-refractivity contribution < 1.29 is 17.2 Å². The highest BCUT2D eigenvalue weighted by atomic mass is 32.2. The molecule has 26 heavy (non-hydrogen) atoms. The summed E-state index contributed by atoms with van der Waals surface area (Å²) in [4.78, 5) is 4.29. The number of hydrogen-bond donors (Lipinski definition) is 1. The minimum absolute atomic E-state index is 0.190. The highest BCUT2D eigenvalue weighted by Gasteiger charge is 2.15. The van der Waals surface area contributed by atoms with Crippen LogP contribution in [-0.2, 0) is 22.2 Å². The van der Waals surface area contributed by atoms with Gasteiger partial charge in [-0.25, -0.2) is 31.4 Å². The molecule has 3 aromatic rings. The van der Waals surface area contributed by atoms with Gasteiger partial charge in [-0.2, -0.15) is 5.10 Å². The number of benzene rings is 1. The molecule has 2 aromatic heterocycles. The van der Waals surface area contributed by atoms with Gasteiger partial charge in [0.15, 0.2) is 5.65 Å².